The van der Waals surface area contributed by atoms with Crippen molar-refractivity contribution in [2.75, 3.05) is 67.6 Å². The van der Waals surface area contributed by atoms with Crippen molar-refractivity contribution in [1.29, 1.82) is 0 Å². The third-order valence-corrected chi connectivity index (χ3v) is 6.31. The highest BCUT2D eigenvalue weighted by molar-refractivity contribution is 6.05. The van der Waals surface area contributed by atoms with Crippen LogP contribution in [0.3, 0.4) is 0 Å². The zero-order valence-electron chi connectivity index (χ0n) is 17.3. The molecule has 0 saturated carbocycles. The van der Waals surface area contributed by atoms with Crippen LogP contribution in [0.15, 0.2) is 12.3 Å². The standard InChI is InChI=1S/C20H30N6O2/c1-14(2)25-9-10-26-18(13-25)20(28)22(4)17-11-16(12-21-19(17)26)24-7-5-23(6-8-24)15(3)27/h11-12,14,18H,5-10,13H2,1-4H3. The molecular weight excluding hydrogens is 356 g/mol. The van der Waals surface area contributed by atoms with E-state index >= 15 is 0 Å². The minimum absolute atomic E-state index is 0.125. The van der Waals surface area contributed by atoms with Crippen LogP contribution in [-0.2, 0) is 9.59 Å². The molecule has 8 nitrogen and oxygen atoms in total. The second-order valence-electron chi connectivity index (χ2n) is 8.22. The number of pyridine rings is 1. The van der Waals surface area contributed by atoms with E-state index < -0.39 is 0 Å². The third-order valence-electron chi connectivity index (χ3n) is 6.31. The molecule has 0 radical (unpaired) electrons. The van der Waals surface area contributed by atoms with Crippen molar-refractivity contribution >= 4 is 29.0 Å². The molecule has 4 rings (SSSR count). The van der Waals surface area contributed by atoms with E-state index in [0.29, 0.717) is 6.04 Å². The first kappa shape index (κ1) is 19.0. The van der Waals surface area contributed by atoms with Gasteiger partial charge in [0, 0.05) is 65.8 Å². The molecule has 0 N–H and O–H groups in total. The average molecular weight is 387 g/mol. The van der Waals surface area contributed by atoms with E-state index in [2.05, 4.69) is 34.6 Å². The largest absolute Gasteiger partial charge is 0.367 e. The van der Waals surface area contributed by atoms with Crippen LogP contribution in [0.5, 0.6) is 0 Å². The first-order valence-corrected chi connectivity index (χ1v) is 10.2. The summed E-state index contributed by atoms with van der Waals surface area (Å²) < 4.78 is 0. The normalized spacial score (nSPS) is 23.2. The zero-order valence-corrected chi connectivity index (χ0v) is 17.3. The lowest BCUT2D eigenvalue weighted by molar-refractivity contribution is -0.129. The molecule has 1 aromatic heterocycles. The highest BCUT2D eigenvalue weighted by Gasteiger charge is 2.41. The smallest absolute Gasteiger partial charge is 0.250 e. The van der Waals surface area contributed by atoms with E-state index in [-0.39, 0.29) is 17.9 Å². The van der Waals surface area contributed by atoms with E-state index in [1.165, 1.54) is 0 Å². The molecule has 152 valence electrons. The van der Waals surface area contributed by atoms with Crippen LogP contribution in [0.1, 0.15) is 20.8 Å². The quantitative estimate of drug-likeness (QED) is 0.743. The molecule has 4 heterocycles. The summed E-state index contributed by atoms with van der Waals surface area (Å²) >= 11 is 0. The van der Waals surface area contributed by atoms with Gasteiger partial charge in [-0.25, -0.2) is 4.98 Å². The number of hydrogen-bond donors (Lipinski definition) is 0. The predicted octanol–water partition coefficient (Wildman–Crippen LogP) is 0.626. The molecule has 1 unspecified atom stereocenters. The summed E-state index contributed by atoms with van der Waals surface area (Å²) in [4.78, 5) is 39.8. The molecule has 1 atom stereocenters. The molecule has 0 aliphatic carbocycles. The summed E-state index contributed by atoms with van der Waals surface area (Å²) in [5.74, 6) is 1.17. The van der Waals surface area contributed by atoms with Gasteiger partial charge in [0.15, 0.2) is 5.82 Å². The van der Waals surface area contributed by atoms with Crippen LogP contribution in [0.2, 0.25) is 0 Å². The molecule has 8 heteroatoms. The van der Waals surface area contributed by atoms with E-state index in [0.717, 1.165) is 63.0 Å². The van der Waals surface area contributed by atoms with E-state index in [1.807, 2.05) is 18.1 Å². The molecule has 0 bridgehead atoms. The van der Waals surface area contributed by atoms with E-state index in [4.69, 9.17) is 4.98 Å². The monoisotopic (exact) mass is 386 g/mol. The Balaban J connectivity index is 1.57. The Bertz CT molecular complexity index is 774. The van der Waals surface area contributed by atoms with Gasteiger partial charge >= 0.3 is 0 Å². The molecule has 28 heavy (non-hydrogen) atoms. The van der Waals surface area contributed by atoms with Gasteiger partial charge in [0.25, 0.3) is 5.91 Å². The van der Waals surface area contributed by atoms with Gasteiger partial charge in [0.05, 0.1) is 17.6 Å². The van der Waals surface area contributed by atoms with Gasteiger partial charge < -0.3 is 19.6 Å². The van der Waals surface area contributed by atoms with Crippen molar-refractivity contribution in [2.45, 2.75) is 32.9 Å². The van der Waals surface area contributed by atoms with Crippen molar-refractivity contribution in [2.24, 2.45) is 0 Å². The Kier molecular flexibility index (Phi) is 4.91. The van der Waals surface area contributed by atoms with Crippen molar-refractivity contribution < 1.29 is 9.59 Å². The van der Waals surface area contributed by atoms with Gasteiger partial charge in [-0.15, -0.1) is 0 Å². The molecule has 1 aromatic rings. The van der Waals surface area contributed by atoms with Crippen molar-refractivity contribution in [3.8, 4) is 0 Å². The van der Waals surface area contributed by atoms with Crippen molar-refractivity contribution in [3.05, 3.63) is 12.3 Å². The molecule has 2 fully saturated rings. The van der Waals surface area contributed by atoms with Gasteiger partial charge in [-0.2, -0.15) is 0 Å². The zero-order chi connectivity index (χ0) is 20.0. The number of piperazine rings is 2. The van der Waals surface area contributed by atoms with Crippen LogP contribution in [-0.4, -0.2) is 91.5 Å². The van der Waals surface area contributed by atoms with Crippen LogP contribution >= 0.6 is 0 Å². The molecular formula is C20H30N6O2. The molecule has 2 saturated heterocycles. The Morgan fingerprint density at radius 2 is 1.86 bits per heavy atom. The third kappa shape index (κ3) is 3.19. The number of hydrogen-bond acceptors (Lipinski definition) is 6. The maximum atomic E-state index is 13.1. The minimum Gasteiger partial charge on any atom is -0.367 e. The maximum Gasteiger partial charge on any atom is 0.250 e. The topological polar surface area (TPSA) is 63.2 Å². The maximum absolute atomic E-state index is 13.1. The highest BCUT2D eigenvalue weighted by Crippen LogP contribution is 2.37. The van der Waals surface area contributed by atoms with Gasteiger partial charge in [-0.3, -0.25) is 14.5 Å². The number of amides is 2. The first-order valence-electron chi connectivity index (χ1n) is 10.2. The SMILES string of the molecule is CC(=O)N1CCN(c2cnc3c(c2)N(C)C(=O)C2CN(C(C)C)CCN32)CC1. The summed E-state index contributed by atoms with van der Waals surface area (Å²) in [5.41, 5.74) is 1.90. The van der Waals surface area contributed by atoms with E-state index in [1.54, 1.807) is 11.8 Å². The Morgan fingerprint density at radius 3 is 2.50 bits per heavy atom. The fourth-order valence-electron chi connectivity index (χ4n) is 4.44. The minimum atomic E-state index is -0.161. The first-order chi connectivity index (χ1) is 13.4. The number of carbonyl (C=O) groups excluding carboxylic acids is 2. The number of nitrogens with zero attached hydrogens (tertiary/aromatic N) is 6. The molecule has 2 amide bonds. The second-order valence-corrected chi connectivity index (χ2v) is 8.22. The van der Waals surface area contributed by atoms with Crippen LogP contribution < -0.4 is 14.7 Å². The fourth-order valence-corrected chi connectivity index (χ4v) is 4.44. The number of anilines is 3. The number of aromatic nitrogens is 1. The lowest BCUT2D eigenvalue weighted by Gasteiger charge is -2.47. The van der Waals surface area contributed by atoms with Gasteiger partial charge in [0.2, 0.25) is 5.91 Å². The summed E-state index contributed by atoms with van der Waals surface area (Å²) in [6.45, 7) is 11.5. The molecule has 3 aliphatic heterocycles. The number of fused-ring (bicyclic) bond motifs is 3. The Morgan fingerprint density at radius 1 is 1.14 bits per heavy atom. The van der Waals surface area contributed by atoms with Gasteiger partial charge in [-0.1, -0.05) is 0 Å². The summed E-state index contributed by atoms with van der Waals surface area (Å²) in [7, 11) is 1.85. The summed E-state index contributed by atoms with van der Waals surface area (Å²) in [6, 6.07) is 2.35. The van der Waals surface area contributed by atoms with Gasteiger partial charge in [0.1, 0.15) is 6.04 Å². The number of rotatable bonds is 2. The van der Waals surface area contributed by atoms with Crippen molar-refractivity contribution in [1.82, 2.24) is 14.8 Å². The lowest BCUT2D eigenvalue weighted by Crippen LogP contribution is -2.63. The van der Waals surface area contributed by atoms with Crippen molar-refractivity contribution in [3.63, 3.8) is 0 Å². The Labute approximate surface area is 166 Å². The summed E-state index contributed by atoms with van der Waals surface area (Å²) in [6.07, 6.45) is 1.91. The fraction of sp³-hybridized carbons (Fsp3) is 0.650. The summed E-state index contributed by atoms with van der Waals surface area (Å²) in [5, 5.41) is 0. The molecule has 0 spiro atoms. The van der Waals surface area contributed by atoms with E-state index in [9.17, 15) is 9.59 Å². The number of likely N-dealkylation sites (N-methyl/N-ethyl adjacent to an activating group) is 1. The number of carbonyl (C=O) groups is 2. The average Bonchev–Trinajstić information content (AvgIpc) is 2.71. The lowest BCUT2D eigenvalue weighted by atomic mass is 10.0. The second kappa shape index (κ2) is 7.24. The molecule has 0 aromatic carbocycles. The molecule has 3 aliphatic rings. The van der Waals surface area contributed by atoms with Crippen LogP contribution in [0.4, 0.5) is 17.2 Å². The predicted molar refractivity (Wildman–Crippen MR) is 110 cm³/mol. The van der Waals surface area contributed by atoms with Gasteiger partial charge in [-0.05, 0) is 19.9 Å². The highest BCUT2D eigenvalue weighted by atomic mass is 16.2. The van der Waals surface area contributed by atoms with Crippen LogP contribution in [0.25, 0.3) is 0 Å². The van der Waals surface area contributed by atoms with Crippen LogP contribution in [0, 0.1) is 0 Å². The Hall–Kier alpha value is -2.35.